The van der Waals surface area contributed by atoms with Crippen molar-refractivity contribution in [3.05, 3.63) is 69.6 Å². The summed E-state index contributed by atoms with van der Waals surface area (Å²) in [6.07, 6.45) is 2.28. The Balaban J connectivity index is 2.19. The summed E-state index contributed by atoms with van der Waals surface area (Å²) in [4.78, 5) is 24.6. The predicted molar refractivity (Wildman–Crippen MR) is 64.8 cm³/mol. The van der Waals surface area contributed by atoms with Gasteiger partial charge in [0.2, 0.25) is 11.5 Å². The van der Waals surface area contributed by atoms with Gasteiger partial charge in [-0.15, -0.1) is 0 Å². The Morgan fingerprint density at radius 1 is 1.12 bits per heavy atom. The maximum atomic E-state index is 11.1. The van der Waals surface area contributed by atoms with Crippen molar-refractivity contribution in [2.75, 3.05) is 0 Å². The highest BCUT2D eigenvalue weighted by Gasteiger charge is 2.01. The molecule has 4 heteroatoms. The van der Waals surface area contributed by atoms with Crippen molar-refractivity contribution >= 4 is 5.91 Å². The summed E-state index contributed by atoms with van der Waals surface area (Å²) in [7, 11) is 0. The smallest absolute Gasteiger partial charge is 0.248 e. The second-order valence-corrected chi connectivity index (χ2v) is 3.80. The van der Waals surface area contributed by atoms with Gasteiger partial charge in [0.15, 0.2) is 0 Å². The van der Waals surface area contributed by atoms with Crippen LogP contribution in [0.4, 0.5) is 0 Å². The first kappa shape index (κ1) is 11.1. The lowest BCUT2D eigenvalue weighted by Gasteiger charge is -2.02. The SMILES string of the molecule is NC(=O)c1ccc(Cc2cc[nH]c(=O)c2)cc1. The Labute approximate surface area is 98.1 Å². The molecule has 0 aliphatic rings. The average molecular weight is 228 g/mol. The van der Waals surface area contributed by atoms with E-state index in [1.165, 1.54) is 0 Å². The summed E-state index contributed by atoms with van der Waals surface area (Å²) in [6, 6.07) is 10.4. The quantitative estimate of drug-likeness (QED) is 0.824. The number of primary amides is 1. The highest BCUT2D eigenvalue weighted by atomic mass is 16.1. The normalized spacial score (nSPS) is 10.1. The molecule has 2 aromatic rings. The van der Waals surface area contributed by atoms with Crippen molar-refractivity contribution in [1.82, 2.24) is 4.98 Å². The van der Waals surface area contributed by atoms with E-state index in [1.807, 2.05) is 18.2 Å². The molecule has 0 saturated carbocycles. The van der Waals surface area contributed by atoms with Crippen LogP contribution in [0.5, 0.6) is 0 Å². The fourth-order valence-electron chi connectivity index (χ4n) is 1.62. The van der Waals surface area contributed by atoms with Gasteiger partial charge in [-0.1, -0.05) is 12.1 Å². The van der Waals surface area contributed by atoms with Gasteiger partial charge in [-0.05, 0) is 35.7 Å². The highest BCUT2D eigenvalue weighted by molar-refractivity contribution is 5.92. The van der Waals surface area contributed by atoms with Gasteiger partial charge in [0, 0.05) is 17.8 Å². The van der Waals surface area contributed by atoms with Gasteiger partial charge >= 0.3 is 0 Å². The molecule has 0 spiro atoms. The third-order valence-corrected chi connectivity index (χ3v) is 2.49. The molecule has 1 amide bonds. The van der Waals surface area contributed by atoms with Crippen LogP contribution in [-0.2, 0) is 6.42 Å². The summed E-state index contributed by atoms with van der Waals surface area (Å²) in [5, 5.41) is 0. The average Bonchev–Trinajstić information content (AvgIpc) is 2.29. The second kappa shape index (κ2) is 4.65. The van der Waals surface area contributed by atoms with Gasteiger partial charge in [0.05, 0.1) is 0 Å². The van der Waals surface area contributed by atoms with Gasteiger partial charge in [0.25, 0.3) is 0 Å². The number of nitrogens with one attached hydrogen (secondary N) is 1. The third-order valence-electron chi connectivity index (χ3n) is 2.49. The molecule has 2 rings (SSSR count). The number of aromatic nitrogens is 1. The minimum atomic E-state index is -0.437. The fraction of sp³-hybridized carbons (Fsp3) is 0.0769. The fourth-order valence-corrected chi connectivity index (χ4v) is 1.62. The van der Waals surface area contributed by atoms with E-state index in [-0.39, 0.29) is 5.56 Å². The van der Waals surface area contributed by atoms with Gasteiger partial charge in [-0.3, -0.25) is 9.59 Å². The standard InChI is InChI=1S/C13H12N2O2/c14-13(17)11-3-1-9(2-4-11)7-10-5-6-15-12(16)8-10/h1-6,8H,7H2,(H2,14,17)(H,15,16). The van der Waals surface area contributed by atoms with Crippen LogP contribution in [0, 0.1) is 0 Å². The van der Waals surface area contributed by atoms with Crippen molar-refractivity contribution < 1.29 is 4.79 Å². The molecule has 0 aliphatic heterocycles. The van der Waals surface area contributed by atoms with Crippen LogP contribution in [0.1, 0.15) is 21.5 Å². The van der Waals surface area contributed by atoms with E-state index in [9.17, 15) is 9.59 Å². The van der Waals surface area contributed by atoms with Crippen LogP contribution >= 0.6 is 0 Å². The van der Waals surface area contributed by atoms with Crippen LogP contribution in [0.2, 0.25) is 0 Å². The van der Waals surface area contributed by atoms with Crippen LogP contribution < -0.4 is 11.3 Å². The van der Waals surface area contributed by atoms with Crippen molar-refractivity contribution in [3.63, 3.8) is 0 Å². The number of hydrogen-bond acceptors (Lipinski definition) is 2. The molecule has 0 atom stereocenters. The number of amides is 1. The summed E-state index contributed by atoms with van der Waals surface area (Å²) in [5.74, 6) is -0.437. The lowest BCUT2D eigenvalue weighted by Crippen LogP contribution is -2.10. The van der Waals surface area contributed by atoms with Crippen LogP contribution in [0.25, 0.3) is 0 Å². The number of carbonyl (C=O) groups is 1. The largest absolute Gasteiger partial charge is 0.366 e. The number of benzene rings is 1. The molecule has 0 aliphatic carbocycles. The minimum Gasteiger partial charge on any atom is -0.366 e. The number of aromatic amines is 1. The number of hydrogen-bond donors (Lipinski definition) is 2. The Hall–Kier alpha value is -2.36. The first-order valence-electron chi connectivity index (χ1n) is 5.21. The summed E-state index contributed by atoms with van der Waals surface area (Å²) in [5.41, 5.74) is 7.48. The van der Waals surface area contributed by atoms with E-state index in [2.05, 4.69) is 4.98 Å². The minimum absolute atomic E-state index is 0.115. The van der Waals surface area contributed by atoms with E-state index >= 15 is 0 Å². The van der Waals surface area contributed by atoms with E-state index < -0.39 is 5.91 Å². The molecular weight excluding hydrogens is 216 g/mol. The monoisotopic (exact) mass is 228 g/mol. The Bertz CT molecular complexity index is 585. The maximum Gasteiger partial charge on any atom is 0.248 e. The molecule has 0 radical (unpaired) electrons. The summed E-state index contributed by atoms with van der Waals surface area (Å²) in [6.45, 7) is 0. The first-order valence-corrected chi connectivity index (χ1v) is 5.21. The summed E-state index contributed by atoms with van der Waals surface area (Å²) >= 11 is 0. The zero-order valence-electron chi connectivity index (χ0n) is 9.14. The molecular formula is C13H12N2O2. The van der Waals surface area contributed by atoms with Crippen molar-refractivity contribution in [3.8, 4) is 0 Å². The number of carbonyl (C=O) groups excluding carboxylic acids is 1. The van der Waals surface area contributed by atoms with Gasteiger partial charge in [0.1, 0.15) is 0 Å². The number of pyridine rings is 1. The van der Waals surface area contributed by atoms with Crippen LogP contribution in [0.15, 0.2) is 47.4 Å². The molecule has 0 saturated heterocycles. The van der Waals surface area contributed by atoms with Crippen LogP contribution in [-0.4, -0.2) is 10.9 Å². The van der Waals surface area contributed by atoms with Crippen molar-refractivity contribution in [2.45, 2.75) is 6.42 Å². The van der Waals surface area contributed by atoms with Crippen molar-refractivity contribution in [1.29, 1.82) is 0 Å². The lowest BCUT2D eigenvalue weighted by molar-refractivity contribution is 0.100. The molecule has 0 fully saturated rings. The van der Waals surface area contributed by atoms with Gasteiger partial charge < -0.3 is 10.7 Å². The number of rotatable bonds is 3. The van der Waals surface area contributed by atoms with Gasteiger partial charge in [-0.2, -0.15) is 0 Å². The maximum absolute atomic E-state index is 11.1. The molecule has 4 nitrogen and oxygen atoms in total. The zero-order chi connectivity index (χ0) is 12.3. The molecule has 0 bridgehead atoms. The highest BCUT2D eigenvalue weighted by Crippen LogP contribution is 2.09. The predicted octanol–water partition coefficient (Wildman–Crippen LogP) is 1.06. The third kappa shape index (κ3) is 2.81. The second-order valence-electron chi connectivity index (χ2n) is 3.80. The molecule has 86 valence electrons. The van der Waals surface area contributed by atoms with Crippen LogP contribution in [0.3, 0.4) is 0 Å². The number of nitrogens with two attached hydrogens (primary N) is 1. The molecule has 1 aromatic heterocycles. The molecule has 1 heterocycles. The van der Waals surface area contributed by atoms with E-state index in [1.54, 1.807) is 24.4 Å². The van der Waals surface area contributed by atoms with E-state index in [4.69, 9.17) is 5.73 Å². The Kier molecular flexibility index (Phi) is 3.05. The zero-order valence-corrected chi connectivity index (χ0v) is 9.14. The summed E-state index contributed by atoms with van der Waals surface area (Å²) < 4.78 is 0. The number of H-pyrrole nitrogens is 1. The van der Waals surface area contributed by atoms with Gasteiger partial charge in [-0.25, -0.2) is 0 Å². The Morgan fingerprint density at radius 3 is 2.41 bits per heavy atom. The topological polar surface area (TPSA) is 76.0 Å². The Morgan fingerprint density at radius 2 is 1.82 bits per heavy atom. The van der Waals surface area contributed by atoms with E-state index in [0.717, 1.165) is 11.1 Å². The molecule has 3 N–H and O–H groups in total. The molecule has 0 unspecified atom stereocenters. The first-order chi connectivity index (χ1) is 8.15. The molecule has 17 heavy (non-hydrogen) atoms. The van der Waals surface area contributed by atoms with E-state index in [0.29, 0.717) is 12.0 Å². The van der Waals surface area contributed by atoms with Crippen molar-refractivity contribution in [2.24, 2.45) is 5.73 Å². The molecule has 1 aromatic carbocycles. The lowest BCUT2D eigenvalue weighted by atomic mass is 10.0.